The smallest absolute Gasteiger partial charge is 0.255 e. The molecule has 1 aromatic carbocycles. The van der Waals surface area contributed by atoms with Crippen LogP contribution in [0.15, 0.2) is 35.1 Å². The molecule has 0 saturated heterocycles. The van der Waals surface area contributed by atoms with E-state index in [-0.39, 0.29) is 5.56 Å². The van der Waals surface area contributed by atoms with Crippen molar-refractivity contribution < 1.29 is 0 Å². The van der Waals surface area contributed by atoms with Crippen LogP contribution in [0, 0.1) is 19.8 Å². The fourth-order valence-corrected chi connectivity index (χ4v) is 2.63. The van der Waals surface area contributed by atoms with Gasteiger partial charge in [-0.2, -0.15) is 0 Å². The Morgan fingerprint density at radius 1 is 1.14 bits per heavy atom. The van der Waals surface area contributed by atoms with Gasteiger partial charge in [0.2, 0.25) is 0 Å². The minimum atomic E-state index is 0.0544. The summed E-state index contributed by atoms with van der Waals surface area (Å²) >= 11 is 0. The molecule has 0 saturated carbocycles. The van der Waals surface area contributed by atoms with Crippen LogP contribution in [0.2, 0.25) is 0 Å². The lowest BCUT2D eigenvalue weighted by Crippen LogP contribution is -2.28. The van der Waals surface area contributed by atoms with Crippen LogP contribution in [0.4, 0.5) is 0 Å². The molecule has 3 heteroatoms. The molecule has 2 rings (SSSR count). The molecule has 0 fully saturated rings. The van der Waals surface area contributed by atoms with Crippen LogP contribution in [0.3, 0.4) is 0 Å². The molecular weight excluding hydrogens is 272 g/mol. The van der Waals surface area contributed by atoms with E-state index in [1.165, 1.54) is 5.56 Å². The highest BCUT2D eigenvalue weighted by Gasteiger charge is 2.13. The third-order valence-electron chi connectivity index (χ3n) is 4.10. The van der Waals surface area contributed by atoms with E-state index in [1.54, 1.807) is 0 Å². The standard InChI is InChI=1S/C19H26N2O/c1-13(2)9-10-21-18(16-7-5-14(3)6-8-16)11-15(4)17(12-20)19(21)22/h5-8,11,13H,9-10,12,20H2,1-4H3. The summed E-state index contributed by atoms with van der Waals surface area (Å²) in [4.78, 5) is 12.8. The first-order valence-corrected chi connectivity index (χ1v) is 7.94. The summed E-state index contributed by atoms with van der Waals surface area (Å²) in [6.45, 7) is 9.41. The summed E-state index contributed by atoms with van der Waals surface area (Å²) in [7, 11) is 0. The van der Waals surface area contributed by atoms with Crippen molar-refractivity contribution in [2.24, 2.45) is 11.7 Å². The minimum Gasteiger partial charge on any atom is -0.326 e. The molecule has 0 aliphatic rings. The Morgan fingerprint density at radius 2 is 1.77 bits per heavy atom. The molecule has 22 heavy (non-hydrogen) atoms. The maximum Gasteiger partial charge on any atom is 0.255 e. The summed E-state index contributed by atoms with van der Waals surface area (Å²) in [5, 5.41) is 0. The molecule has 3 nitrogen and oxygen atoms in total. The number of nitrogens with two attached hydrogens (primary N) is 1. The lowest BCUT2D eigenvalue weighted by molar-refractivity contribution is 0.509. The van der Waals surface area contributed by atoms with Crippen molar-refractivity contribution >= 4 is 0 Å². The molecule has 0 bridgehead atoms. The van der Waals surface area contributed by atoms with Gasteiger partial charge < -0.3 is 10.3 Å². The largest absolute Gasteiger partial charge is 0.326 e. The summed E-state index contributed by atoms with van der Waals surface area (Å²) in [6, 6.07) is 10.4. The topological polar surface area (TPSA) is 48.0 Å². The van der Waals surface area contributed by atoms with E-state index in [9.17, 15) is 4.79 Å². The van der Waals surface area contributed by atoms with Crippen molar-refractivity contribution in [1.82, 2.24) is 4.57 Å². The predicted octanol–water partition coefficient (Wildman–Crippen LogP) is 3.64. The van der Waals surface area contributed by atoms with Crippen LogP contribution in [-0.4, -0.2) is 4.57 Å². The van der Waals surface area contributed by atoms with E-state index in [1.807, 2.05) is 11.5 Å². The lowest BCUT2D eigenvalue weighted by Gasteiger charge is -2.17. The van der Waals surface area contributed by atoms with E-state index in [0.717, 1.165) is 35.3 Å². The van der Waals surface area contributed by atoms with Crippen LogP contribution in [-0.2, 0) is 13.1 Å². The first-order chi connectivity index (χ1) is 10.4. The molecule has 0 aliphatic heterocycles. The summed E-state index contributed by atoms with van der Waals surface area (Å²) in [5.74, 6) is 0.556. The molecule has 1 heterocycles. The van der Waals surface area contributed by atoms with Crippen molar-refractivity contribution in [3.8, 4) is 11.3 Å². The second-order valence-corrected chi connectivity index (χ2v) is 6.40. The van der Waals surface area contributed by atoms with Gasteiger partial charge in [-0.3, -0.25) is 4.79 Å². The van der Waals surface area contributed by atoms with Gasteiger partial charge in [-0.05, 0) is 43.4 Å². The van der Waals surface area contributed by atoms with Gasteiger partial charge in [-0.25, -0.2) is 0 Å². The molecular formula is C19H26N2O. The van der Waals surface area contributed by atoms with Crippen LogP contribution in [0.25, 0.3) is 11.3 Å². The Bertz CT molecular complexity index is 697. The number of hydrogen-bond acceptors (Lipinski definition) is 2. The third kappa shape index (κ3) is 3.47. The van der Waals surface area contributed by atoms with Gasteiger partial charge in [-0.1, -0.05) is 43.7 Å². The Hall–Kier alpha value is -1.87. The van der Waals surface area contributed by atoms with Crippen molar-refractivity contribution in [3.05, 3.63) is 57.4 Å². The van der Waals surface area contributed by atoms with Gasteiger partial charge in [0.05, 0.1) is 5.69 Å². The first-order valence-electron chi connectivity index (χ1n) is 7.94. The van der Waals surface area contributed by atoms with Gasteiger partial charge in [0, 0.05) is 18.7 Å². The van der Waals surface area contributed by atoms with Crippen LogP contribution in [0.5, 0.6) is 0 Å². The zero-order chi connectivity index (χ0) is 16.3. The number of nitrogens with zero attached hydrogens (tertiary/aromatic N) is 1. The fraction of sp³-hybridized carbons (Fsp3) is 0.421. The third-order valence-corrected chi connectivity index (χ3v) is 4.10. The average molecular weight is 298 g/mol. The van der Waals surface area contributed by atoms with Crippen molar-refractivity contribution in [1.29, 1.82) is 0 Å². The predicted molar refractivity (Wildman–Crippen MR) is 93.0 cm³/mol. The van der Waals surface area contributed by atoms with E-state index in [0.29, 0.717) is 12.5 Å². The number of rotatable bonds is 5. The van der Waals surface area contributed by atoms with Crippen LogP contribution in [0.1, 0.15) is 37.0 Å². The molecule has 0 radical (unpaired) electrons. The number of benzene rings is 1. The molecule has 0 atom stereocenters. The normalized spacial score (nSPS) is 11.2. The maximum absolute atomic E-state index is 12.8. The van der Waals surface area contributed by atoms with Gasteiger partial charge in [0.25, 0.3) is 5.56 Å². The van der Waals surface area contributed by atoms with Gasteiger partial charge >= 0.3 is 0 Å². The molecule has 0 amide bonds. The zero-order valence-electron chi connectivity index (χ0n) is 14.0. The van der Waals surface area contributed by atoms with E-state index >= 15 is 0 Å². The van der Waals surface area contributed by atoms with Crippen molar-refractivity contribution in [2.75, 3.05) is 0 Å². The molecule has 2 aromatic rings. The monoisotopic (exact) mass is 298 g/mol. The summed E-state index contributed by atoms with van der Waals surface area (Å²) in [5.41, 5.74) is 10.8. The molecule has 118 valence electrons. The van der Waals surface area contributed by atoms with Crippen molar-refractivity contribution in [3.63, 3.8) is 0 Å². The van der Waals surface area contributed by atoms with Crippen LogP contribution >= 0.6 is 0 Å². The maximum atomic E-state index is 12.8. The van der Waals surface area contributed by atoms with E-state index in [2.05, 4.69) is 51.1 Å². The molecule has 2 N–H and O–H groups in total. The van der Waals surface area contributed by atoms with Crippen molar-refractivity contribution in [2.45, 2.75) is 47.2 Å². The van der Waals surface area contributed by atoms with E-state index < -0.39 is 0 Å². The van der Waals surface area contributed by atoms with Gasteiger partial charge in [0.15, 0.2) is 0 Å². The highest BCUT2D eigenvalue weighted by atomic mass is 16.1. The van der Waals surface area contributed by atoms with Gasteiger partial charge in [-0.15, -0.1) is 0 Å². The SMILES string of the molecule is Cc1ccc(-c2cc(C)c(CN)c(=O)n2CCC(C)C)cc1. The fourth-order valence-electron chi connectivity index (χ4n) is 2.63. The first kappa shape index (κ1) is 16.5. The second kappa shape index (κ2) is 6.93. The Balaban J connectivity index is 2.60. The summed E-state index contributed by atoms with van der Waals surface area (Å²) in [6.07, 6.45) is 0.978. The lowest BCUT2D eigenvalue weighted by atomic mass is 10.0. The number of aryl methyl sites for hydroxylation is 2. The molecule has 0 unspecified atom stereocenters. The molecule has 0 spiro atoms. The number of aromatic nitrogens is 1. The van der Waals surface area contributed by atoms with Gasteiger partial charge in [0.1, 0.15) is 0 Å². The molecule has 0 aliphatic carbocycles. The van der Waals surface area contributed by atoms with E-state index in [4.69, 9.17) is 5.73 Å². The molecule has 1 aromatic heterocycles. The highest BCUT2D eigenvalue weighted by Crippen LogP contribution is 2.22. The number of hydrogen-bond donors (Lipinski definition) is 1. The Morgan fingerprint density at radius 3 is 2.32 bits per heavy atom. The Labute approximate surface area is 132 Å². The minimum absolute atomic E-state index is 0.0544. The number of pyridine rings is 1. The zero-order valence-corrected chi connectivity index (χ0v) is 14.0. The van der Waals surface area contributed by atoms with Crippen LogP contribution < -0.4 is 11.3 Å². The Kier molecular flexibility index (Phi) is 5.19. The highest BCUT2D eigenvalue weighted by molar-refractivity contribution is 5.61. The average Bonchev–Trinajstić information content (AvgIpc) is 2.47. The second-order valence-electron chi connectivity index (χ2n) is 6.40. The summed E-state index contributed by atoms with van der Waals surface area (Å²) < 4.78 is 1.89. The quantitative estimate of drug-likeness (QED) is 0.916.